The van der Waals surface area contributed by atoms with Gasteiger partial charge in [-0.15, -0.1) is 0 Å². The van der Waals surface area contributed by atoms with E-state index in [0.717, 1.165) is 0 Å². The van der Waals surface area contributed by atoms with Crippen molar-refractivity contribution in [3.05, 3.63) is 58.1 Å². The second kappa shape index (κ2) is 10.3. The number of hydrogen-bond donors (Lipinski definition) is 4. The third-order valence-corrected chi connectivity index (χ3v) is 5.73. The molecule has 1 aromatic carbocycles. The first-order chi connectivity index (χ1) is 16.5. The zero-order valence-corrected chi connectivity index (χ0v) is 21.1. The van der Waals surface area contributed by atoms with Crippen LogP contribution in [0, 0.1) is 11.3 Å². The number of aromatic nitrogens is 3. The van der Waals surface area contributed by atoms with Gasteiger partial charge in [-0.2, -0.15) is 5.26 Å². The van der Waals surface area contributed by atoms with Gasteiger partial charge in [-0.1, -0.05) is 17.7 Å². The maximum atomic E-state index is 10.3. The van der Waals surface area contributed by atoms with Crippen LogP contribution in [0.5, 0.6) is 5.75 Å². The molecule has 0 spiro atoms. The number of benzene rings is 1. The lowest BCUT2D eigenvalue weighted by Gasteiger charge is -2.23. The molecule has 2 heterocycles. The molecule has 0 bridgehead atoms. The highest BCUT2D eigenvalue weighted by Gasteiger charge is 2.26. The maximum Gasteiger partial charge on any atom is 0.184 e. The fourth-order valence-corrected chi connectivity index (χ4v) is 4.00. The fraction of sp³-hybridized carbons (Fsp3) is 0.320. The number of ether oxygens (including phenoxy) is 1. The smallest absolute Gasteiger partial charge is 0.184 e. The summed E-state index contributed by atoms with van der Waals surface area (Å²) in [5.74, 6) is 1.21. The summed E-state index contributed by atoms with van der Waals surface area (Å²) in [6, 6.07) is 7.02. The monoisotopic (exact) mass is 494 g/mol. The number of aliphatic hydroxyl groups is 1. The van der Waals surface area contributed by atoms with E-state index in [1.807, 2.05) is 13.8 Å². The molecule has 0 fully saturated rings. The van der Waals surface area contributed by atoms with Crippen molar-refractivity contribution in [2.75, 3.05) is 17.7 Å². The molecule has 2 aromatic heterocycles. The first-order valence-corrected chi connectivity index (χ1v) is 11.4. The third-order valence-electron chi connectivity index (χ3n) is 5.43. The van der Waals surface area contributed by atoms with Gasteiger partial charge in [0.15, 0.2) is 5.71 Å². The number of nitriles is 1. The molecule has 35 heavy (non-hydrogen) atoms. The first kappa shape index (κ1) is 25.9. The van der Waals surface area contributed by atoms with Gasteiger partial charge in [-0.25, -0.2) is 9.97 Å². The molecule has 9 nitrogen and oxygen atoms in total. The Hall–Kier alpha value is -3.74. The number of nitrogens with one attached hydrogen (secondary N) is 1. The van der Waals surface area contributed by atoms with Gasteiger partial charge in [-0.05, 0) is 39.8 Å². The van der Waals surface area contributed by atoms with E-state index >= 15 is 0 Å². The van der Waals surface area contributed by atoms with Crippen molar-refractivity contribution in [1.29, 1.82) is 5.26 Å². The number of nitrogens with two attached hydrogens (primary N) is 2. The van der Waals surface area contributed by atoms with Crippen LogP contribution >= 0.6 is 11.6 Å². The van der Waals surface area contributed by atoms with Crippen molar-refractivity contribution < 1.29 is 15.3 Å². The van der Waals surface area contributed by atoms with Crippen molar-refractivity contribution in [2.24, 2.45) is 0 Å². The van der Waals surface area contributed by atoms with Crippen LogP contribution in [0.15, 0.2) is 30.7 Å². The van der Waals surface area contributed by atoms with E-state index in [4.69, 9.17) is 27.5 Å². The van der Waals surface area contributed by atoms with E-state index in [2.05, 4.69) is 26.3 Å². The van der Waals surface area contributed by atoms with Gasteiger partial charge >= 0.3 is 0 Å². The van der Waals surface area contributed by atoms with E-state index in [-0.39, 0.29) is 22.4 Å². The lowest BCUT2D eigenvalue weighted by atomic mass is 9.93. The zero-order valence-electron chi connectivity index (χ0n) is 20.3. The first-order valence-electron chi connectivity index (χ1n) is 11.0. The van der Waals surface area contributed by atoms with Gasteiger partial charge in [0, 0.05) is 29.8 Å². The van der Waals surface area contributed by atoms with Crippen molar-refractivity contribution in [3.63, 3.8) is 0 Å². The summed E-state index contributed by atoms with van der Waals surface area (Å²) in [6.07, 6.45) is 2.95. The summed E-state index contributed by atoms with van der Waals surface area (Å²) in [7, 11) is 0. The lowest BCUT2D eigenvalue weighted by molar-refractivity contribution is -0.113. The number of hydrogen-bond acceptors (Lipinski definition) is 8. The molecule has 3 aromatic rings. The molecule has 0 aliphatic rings. The predicted molar refractivity (Wildman–Crippen MR) is 136 cm³/mol. The summed E-state index contributed by atoms with van der Waals surface area (Å²) in [4.78, 5) is 12.7. The average Bonchev–Trinajstić information content (AvgIpc) is 2.79. The minimum absolute atomic E-state index is 0.260. The molecule has 0 amide bonds. The molecule has 0 saturated carbocycles. The predicted octanol–water partition coefficient (Wildman–Crippen LogP) is 3.01. The second-order valence-electron chi connectivity index (χ2n) is 8.59. The van der Waals surface area contributed by atoms with E-state index in [0.29, 0.717) is 51.8 Å². The van der Waals surface area contributed by atoms with E-state index < -0.39 is 5.60 Å². The summed E-state index contributed by atoms with van der Waals surface area (Å²) in [5.41, 5.74) is 8.52. The second-order valence-corrected chi connectivity index (χ2v) is 9.00. The van der Waals surface area contributed by atoms with E-state index in [1.54, 1.807) is 45.2 Å². The minimum Gasteiger partial charge on any atom is -0.493 e. The molecule has 0 aliphatic heterocycles. The quantitative estimate of drug-likeness (QED) is 0.348. The maximum absolute atomic E-state index is 10.3. The number of halogens is 1. The van der Waals surface area contributed by atoms with Crippen molar-refractivity contribution in [1.82, 2.24) is 15.0 Å². The Morgan fingerprint density at radius 1 is 1.34 bits per heavy atom. The van der Waals surface area contributed by atoms with Gasteiger partial charge in [0.2, 0.25) is 0 Å². The van der Waals surface area contributed by atoms with Crippen LogP contribution in [-0.4, -0.2) is 32.4 Å². The molecule has 0 saturated heterocycles. The van der Waals surface area contributed by atoms with Crippen LogP contribution in [0.4, 0.5) is 11.6 Å². The molecule has 182 valence electrons. The molecule has 1 atom stereocenters. The Morgan fingerprint density at radius 3 is 2.60 bits per heavy atom. The van der Waals surface area contributed by atoms with E-state index in [1.165, 1.54) is 6.33 Å². The average molecular weight is 495 g/mol. The van der Waals surface area contributed by atoms with Crippen LogP contribution in [0.1, 0.15) is 63.0 Å². The summed E-state index contributed by atoms with van der Waals surface area (Å²) < 4.78 is 6.06. The Kier molecular flexibility index (Phi) is 7.58. The van der Waals surface area contributed by atoms with Crippen LogP contribution in [-0.2, 0) is 5.60 Å². The molecule has 10 heteroatoms. The molecular formula is C25H29ClN7O2+. The summed E-state index contributed by atoms with van der Waals surface area (Å²) in [6.45, 7) is 9.15. The van der Waals surface area contributed by atoms with Gasteiger partial charge in [0.25, 0.3) is 0 Å². The Bertz CT molecular complexity index is 1300. The number of nitrogens with zero attached hydrogens (tertiary/aromatic N) is 4. The Morgan fingerprint density at radius 2 is 2.06 bits per heavy atom. The lowest BCUT2D eigenvalue weighted by Crippen LogP contribution is -2.39. The van der Waals surface area contributed by atoms with Crippen LogP contribution in [0.3, 0.4) is 0 Å². The van der Waals surface area contributed by atoms with Crippen LogP contribution in [0.25, 0.3) is 11.1 Å². The van der Waals surface area contributed by atoms with Gasteiger partial charge < -0.3 is 20.9 Å². The molecular weight excluding hydrogens is 466 g/mol. The summed E-state index contributed by atoms with van der Waals surface area (Å²) >= 11 is 6.58. The molecule has 0 aliphatic carbocycles. The standard InChI is InChI=1S/C25H28ClN7O2/c1-6-35-22-16(14(3)33-24-20(13(2)28)23(29)31-12-32-24)9-18(26)17(10-27)21(22)15-7-8-19(30-11-15)25(4,5)34/h7-9,11-12,14,28,34H,6H2,1-5H3,(H3,29,31,32,33)/p+1. The molecule has 6 N–H and O–H groups in total. The van der Waals surface area contributed by atoms with Crippen molar-refractivity contribution >= 4 is 28.9 Å². The summed E-state index contributed by atoms with van der Waals surface area (Å²) in [5, 5.41) is 29.8. The highest BCUT2D eigenvalue weighted by atomic mass is 35.5. The number of nitrogen functional groups attached to an aromatic ring is 1. The number of anilines is 2. The highest BCUT2D eigenvalue weighted by Crippen LogP contribution is 2.43. The van der Waals surface area contributed by atoms with Gasteiger partial charge in [-0.3, -0.25) is 10.4 Å². The van der Waals surface area contributed by atoms with Gasteiger partial charge in [0.05, 0.1) is 28.9 Å². The SMILES string of the molecule is CCOc1c(C(C)Nc2ncnc(N)c2C(C)=[NH2+])cc(Cl)c(C#N)c1-c1ccc(C(C)(C)O)nc1. The van der Waals surface area contributed by atoms with E-state index in [9.17, 15) is 10.4 Å². The molecule has 0 radical (unpaired) electrons. The van der Waals surface area contributed by atoms with Crippen molar-refractivity contribution in [3.8, 4) is 22.9 Å². The molecule has 1 unspecified atom stereocenters. The third kappa shape index (κ3) is 5.34. The van der Waals surface area contributed by atoms with Crippen LogP contribution < -0.4 is 21.2 Å². The highest BCUT2D eigenvalue weighted by molar-refractivity contribution is 6.32. The Labute approximate surface area is 209 Å². The van der Waals surface area contributed by atoms with Crippen LogP contribution in [0.2, 0.25) is 5.02 Å². The van der Waals surface area contributed by atoms with Crippen molar-refractivity contribution in [2.45, 2.75) is 46.3 Å². The zero-order chi connectivity index (χ0) is 25.9. The molecule has 3 rings (SSSR count). The number of pyridine rings is 1. The topological polar surface area (TPSA) is 156 Å². The largest absolute Gasteiger partial charge is 0.493 e. The fourth-order valence-electron chi connectivity index (χ4n) is 3.74. The number of rotatable bonds is 8. The van der Waals surface area contributed by atoms with Gasteiger partial charge in [0.1, 0.15) is 40.9 Å². The Balaban J connectivity index is 2.19. The minimum atomic E-state index is -1.10. The normalized spacial score (nSPS) is 12.1.